The Labute approximate surface area is 214 Å². The highest BCUT2D eigenvalue weighted by Gasteiger charge is 2.23. The lowest BCUT2D eigenvalue weighted by Crippen LogP contribution is -2.37. The topological polar surface area (TPSA) is 112 Å². The van der Waals surface area contributed by atoms with Crippen molar-refractivity contribution < 1.29 is 14.6 Å². The Morgan fingerprint density at radius 3 is 2.61 bits per heavy atom. The third kappa shape index (κ3) is 7.88. The predicted molar refractivity (Wildman–Crippen MR) is 143 cm³/mol. The number of nitrogens with one attached hydrogen (secondary N) is 3. The Kier molecular flexibility index (Phi) is 9.89. The minimum absolute atomic E-state index is 0.170. The first kappa shape index (κ1) is 26.3. The molecule has 2 heterocycles. The number of hydrogen-bond acceptors (Lipinski definition) is 8. The van der Waals surface area contributed by atoms with E-state index in [1.54, 1.807) is 6.20 Å². The summed E-state index contributed by atoms with van der Waals surface area (Å²) in [5, 5.41) is 19.5. The van der Waals surface area contributed by atoms with Gasteiger partial charge in [-0.25, -0.2) is 4.98 Å². The number of aliphatic hydroxyl groups is 1. The summed E-state index contributed by atoms with van der Waals surface area (Å²) >= 11 is 0. The van der Waals surface area contributed by atoms with Crippen molar-refractivity contribution in [3.63, 3.8) is 0 Å². The molecule has 2 fully saturated rings. The van der Waals surface area contributed by atoms with Crippen molar-refractivity contribution in [3.05, 3.63) is 41.6 Å². The van der Waals surface area contributed by atoms with Crippen LogP contribution in [0.3, 0.4) is 0 Å². The van der Waals surface area contributed by atoms with Gasteiger partial charge < -0.3 is 25.8 Å². The Hall–Kier alpha value is -2.75. The fourth-order valence-corrected chi connectivity index (χ4v) is 4.60. The van der Waals surface area contributed by atoms with Crippen LogP contribution in [0.5, 0.6) is 0 Å². The van der Waals surface area contributed by atoms with Gasteiger partial charge in [-0.3, -0.25) is 9.69 Å². The van der Waals surface area contributed by atoms with Crippen molar-refractivity contribution in [2.24, 2.45) is 0 Å². The predicted octanol–water partition coefficient (Wildman–Crippen LogP) is 3.53. The van der Waals surface area contributed by atoms with Crippen LogP contribution in [0.1, 0.15) is 61.4 Å². The van der Waals surface area contributed by atoms with E-state index in [1.807, 2.05) is 12.1 Å². The largest absolute Gasteiger partial charge is 0.393 e. The third-order valence-corrected chi connectivity index (χ3v) is 6.92. The zero-order valence-electron chi connectivity index (χ0n) is 21.3. The lowest BCUT2D eigenvalue weighted by atomic mass is 9.93. The van der Waals surface area contributed by atoms with Gasteiger partial charge in [0.1, 0.15) is 11.4 Å². The van der Waals surface area contributed by atoms with E-state index >= 15 is 0 Å². The maximum Gasteiger partial charge on any atom is 0.260 e. The van der Waals surface area contributed by atoms with Gasteiger partial charge in [0.05, 0.1) is 19.3 Å². The summed E-state index contributed by atoms with van der Waals surface area (Å²) < 4.78 is 5.42. The van der Waals surface area contributed by atoms with E-state index in [1.165, 1.54) is 5.56 Å². The third-order valence-electron chi connectivity index (χ3n) is 6.92. The first-order chi connectivity index (χ1) is 17.6. The summed E-state index contributed by atoms with van der Waals surface area (Å²) in [6, 6.07) is 8.21. The number of rotatable bonds is 11. The quantitative estimate of drug-likeness (QED) is 0.350. The summed E-state index contributed by atoms with van der Waals surface area (Å²) in [6.07, 6.45) is 7.62. The molecular weight excluding hydrogens is 456 g/mol. The number of amides is 1. The number of aliphatic hydroxyl groups excluding tert-OH is 1. The van der Waals surface area contributed by atoms with Crippen LogP contribution >= 0.6 is 0 Å². The first-order valence-electron chi connectivity index (χ1n) is 13.4. The molecule has 1 amide bonds. The molecule has 1 aromatic heterocycles. The summed E-state index contributed by atoms with van der Waals surface area (Å²) in [7, 11) is 0. The second kappa shape index (κ2) is 13.5. The highest BCUT2D eigenvalue weighted by atomic mass is 16.5. The second-order valence-electron chi connectivity index (χ2n) is 9.74. The molecule has 0 unspecified atom stereocenters. The molecule has 0 radical (unpaired) electrons. The normalized spacial score (nSPS) is 20.6. The fraction of sp³-hybridized carbons (Fsp3) is 0.593. The zero-order valence-corrected chi connectivity index (χ0v) is 21.3. The molecule has 0 atom stereocenters. The second-order valence-corrected chi connectivity index (χ2v) is 9.74. The van der Waals surface area contributed by atoms with Crippen LogP contribution in [-0.2, 0) is 11.2 Å². The van der Waals surface area contributed by atoms with Gasteiger partial charge in [0.2, 0.25) is 5.95 Å². The Morgan fingerprint density at radius 2 is 1.89 bits per heavy atom. The number of unbranched alkanes of at least 4 members (excludes halogenated alkanes) is 1. The van der Waals surface area contributed by atoms with Crippen LogP contribution < -0.4 is 16.0 Å². The van der Waals surface area contributed by atoms with Gasteiger partial charge >= 0.3 is 0 Å². The summed E-state index contributed by atoms with van der Waals surface area (Å²) in [5.41, 5.74) is 2.40. The van der Waals surface area contributed by atoms with Crippen molar-refractivity contribution in [1.82, 2.24) is 14.9 Å². The molecule has 0 spiro atoms. The SMILES string of the molecule is CCCCNc1ncc(C(=O)Nc2ccc(CCN3CCOCC3)cc2)c(NC2CCC(O)CC2)n1. The average molecular weight is 497 g/mol. The molecule has 1 saturated carbocycles. The van der Waals surface area contributed by atoms with Crippen LogP contribution in [0.15, 0.2) is 30.5 Å². The van der Waals surface area contributed by atoms with E-state index in [9.17, 15) is 9.90 Å². The molecule has 36 heavy (non-hydrogen) atoms. The van der Waals surface area contributed by atoms with Gasteiger partial charge in [0, 0.05) is 44.1 Å². The molecule has 1 aliphatic carbocycles. The van der Waals surface area contributed by atoms with Crippen molar-refractivity contribution in [3.8, 4) is 0 Å². The molecule has 4 N–H and O–H groups in total. The van der Waals surface area contributed by atoms with Crippen molar-refractivity contribution >= 4 is 23.4 Å². The molecule has 1 aliphatic heterocycles. The highest BCUT2D eigenvalue weighted by Crippen LogP contribution is 2.24. The summed E-state index contributed by atoms with van der Waals surface area (Å²) in [5.74, 6) is 0.808. The minimum Gasteiger partial charge on any atom is -0.393 e. The van der Waals surface area contributed by atoms with Gasteiger partial charge in [0.15, 0.2) is 0 Å². The van der Waals surface area contributed by atoms with Gasteiger partial charge in [-0.05, 0) is 56.2 Å². The molecule has 9 heteroatoms. The molecule has 1 aromatic carbocycles. The monoisotopic (exact) mass is 496 g/mol. The van der Waals surface area contributed by atoms with E-state index in [-0.39, 0.29) is 18.1 Å². The fourth-order valence-electron chi connectivity index (χ4n) is 4.60. The Balaban J connectivity index is 1.39. The molecule has 4 rings (SSSR count). The lowest BCUT2D eigenvalue weighted by molar-refractivity contribution is 0.0384. The molecule has 2 aromatic rings. The number of carbonyl (C=O) groups is 1. The van der Waals surface area contributed by atoms with Crippen molar-refractivity contribution in [2.75, 3.05) is 55.3 Å². The number of ether oxygens (including phenoxy) is 1. The van der Waals surface area contributed by atoms with E-state index < -0.39 is 0 Å². The molecule has 196 valence electrons. The molecule has 1 saturated heterocycles. The Morgan fingerprint density at radius 1 is 1.14 bits per heavy atom. The van der Waals surface area contributed by atoms with Gasteiger partial charge in [-0.15, -0.1) is 0 Å². The van der Waals surface area contributed by atoms with E-state index in [0.29, 0.717) is 17.3 Å². The van der Waals surface area contributed by atoms with Crippen molar-refractivity contribution in [2.45, 2.75) is 64.0 Å². The number of benzene rings is 1. The number of carbonyl (C=O) groups excluding carboxylic acids is 1. The minimum atomic E-state index is -0.241. The summed E-state index contributed by atoms with van der Waals surface area (Å²) in [4.78, 5) is 24.6. The van der Waals surface area contributed by atoms with E-state index in [0.717, 1.165) is 90.0 Å². The summed E-state index contributed by atoms with van der Waals surface area (Å²) in [6.45, 7) is 7.53. The molecule has 2 aliphatic rings. The van der Waals surface area contributed by atoms with Gasteiger partial charge in [-0.1, -0.05) is 25.5 Å². The molecular formula is C27H40N6O3. The molecule has 0 bridgehead atoms. The van der Waals surface area contributed by atoms with Crippen LogP contribution in [-0.4, -0.2) is 77.4 Å². The number of hydrogen-bond donors (Lipinski definition) is 4. The van der Waals surface area contributed by atoms with Gasteiger partial charge in [0.25, 0.3) is 5.91 Å². The van der Waals surface area contributed by atoms with Crippen LogP contribution in [0.4, 0.5) is 17.5 Å². The number of nitrogens with zero attached hydrogens (tertiary/aromatic N) is 3. The number of aromatic nitrogens is 2. The standard InChI is InChI=1S/C27H40N6O3/c1-2-3-13-28-27-29-19-24(25(32-27)30-21-8-10-23(34)11-9-21)26(35)31-22-6-4-20(5-7-22)12-14-33-15-17-36-18-16-33/h4-7,19,21,23,34H,2-3,8-18H2,1H3,(H,31,35)(H2,28,29,30,32). The lowest BCUT2D eigenvalue weighted by Gasteiger charge is -2.27. The van der Waals surface area contributed by atoms with Crippen LogP contribution in [0, 0.1) is 0 Å². The van der Waals surface area contributed by atoms with Crippen LogP contribution in [0.2, 0.25) is 0 Å². The first-order valence-corrected chi connectivity index (χ1v) is 13.4. The van der Waals surface area contributed by atoms with E-state index in [2.05, 4.69) is 49.9 Å². The van der Waals surface area contributed by atoms with Crippen LogP contribution in [0.25, 0.3) is 0 Å². The maximum atomic E-state index is 13.2. The Bertz CT molecular complexity index is 956. The van der Waals surface area contributed by atoms with Crippen molar-refractivity contribution in [1.29, 1.82) is 0 Å². The smallest absolute Gasteiger partial charge is 0.260 e. The van der Waals surface area contributed by atoms with Gasteiger partial charge in [-0.2, -0.15) is 4.98 Å². The van der Waals surface area contributed by atoms with E-state index in [4.69, 9.17) is 4.74 Å². The maximum absolute atomic E-state index is 13.2. The zero-order chi connectivity index (χ0) is 25.2. The molecule has 9 nitrogen and oxygen atoms in total. The average Bonchev–Trinajstić information content (AvgIpc) is 2.90. The highest BCUT2D eigenvalue weighted by molar-refractivity contribution is 6.07. The number of anilines is 3. The number of morpholine rings is 1.